The lowest BCUT2D eigenvalue weighted by Crippen LogP contribution is -2.31. The second-order valence-electron chi connectivity index (χ2n) is 5.70. The van der Waals surface area contributed by atoms with Gasteiger partial charge in [-0.1, -0.05) is 36.4 Å². The number of hydrogen-bond donors (Lipinski definition) is 1. The number of alkyl halides is 3. The van der Waals surface area contributed by atoms with Gasteiger partial charge in [0, 0.05) is 11.8 Å². The number of aromatic nitrogens is 2. The first kappa shape index (κ1) is 21.7. The highest BCUT2D eigenvalue weighted by Crippen LogP contribution is 2.28. The number of halogens is 4. The lowest BCUT2D eigenvalue weighted by molar-refractivity contribution is -0.0905. The number of nitrogens with zero attached hydrogens (tertiary/aromatic N) is 2. The molecule has 1 aromatic heterocycles. The van der Waals surface area contributed by atoms with E-state index in [1.807, 2.05) is 4.72 Å². The number of carbonyl (C=O) groups is 1. The topological polar surface area (TPSA) is 81.1 Å². The molecule has 6 nitrogen and oxygen atoms in total. The van der Waals surface area contributed by atoms with E-state index in [9.17, 15) is 26.4 Å². The molecule has 0 aliphatic rings. The molecule has 1 aromatic carbocycles. The molecule has 150 valence electrons. The molecular formula is C17H15ClF3N3O3S. The Morgan fingerprint density at radius 3 is 2.36 bits per heavy atom. The van der Waals surface area contributed by atoms with Crippen LogP contribution in [0.4, 0.5) is 13.2 Å². The van der Waals surface area contributed by atoms with Gasteiger partial charge >= 0.3 is 6.18 Å². The Balaban J connectivity index is 2.48. The third-order valence-corrected chi connectivity index (χ3v) is 5.17. The van der Waals surface area contributed by atoms with Gasteiger partial charge in [0.15, 0.2) is 11.5 Å². The minimum Gasteiger partial charge on any atom is -0.302 e. The molecule has 0 unspecified atom stereocenters. The minimum atomic E-state index is -4.61. The number of nitrogens with one attached hydrogen (secondary N) is 1. The number of imidazole rings is 1. The van der Waals surface area contributed by atoms with Crippen LogP contribution in [0.25, 0.3) is 11.2 Å². The van der Waals surface area contributed by atoms with E-state index in [2.05, 4.69) is 11.6 Å². The highest BCUT2D eigenvalue weighted by atomic mass is 35.5. The van der Waals surface area contributed by atoms with E-state index in [0.717, 1.165) is 11.5 Å². The molecule has 0 aliphatic carbocycles. The molecule has 2 aromatic rings. The molecule has 11 heteroatoms. The average molecular weight is 434 g/mol. The number of sulfonamides is 1. The van der Waals surface area contributed by atoms with Gasteiger partial charge in [0.05, 0.1) is 15.6 Å². The van der Waals surface area contributed by atoms with Crippen LogP contribution >= 0.6 is 11.6 Å². The van der Waals surface area contributed by atoms with Crippen molar-refractivity contribution in [3.05, 3.63) is 59.7 Å². The van der Waals surface area contributed by atoms with Gasteiger partial charge in [0.25, 0.3) is 15.9 Å². The van der Waals surface area contributed by atoms with Gasteiger partial charge in [-0.25, -0.2) is 18.1 Å². The van der Waals surface area contributed by atoms with Crippen LogP contribution in [0.2, 0.25) is 0 Å². The fourth-order valence-electron chi connectivity index (χ4n) is 2.17. The first-order chi connectivity index (χ1) is 12.8. The number of rotatable bonds is 5. The van der Waals surface area contributed by atoms with Crippen LogP contribution in [0.3, 0.4) is 0 Å². The van der Waals surface area contributed by atoms with Crippen LogP contribution in [-0.2, 0) is 10.0 Å². The summed E-state index contributed by atoms with van der Waals surface area (Å²) in [5, 5.41) is -0.223. The van der Waals surface area contributed by atoms with Gasteiger partial charge in [0.1, 0.15) is 0 Å². The third kappa shape index (κ3) is 4.63. The Bertz CT molecular complexity index is 1060. The lowest BCUT2D eigenvalue weighted by atomic mass is 10.3. The summed E-state index contributed by atoms with van der Waals surface area (Å²) in [6.07, 6.45) is -3.91. The van der Waals surface area contributed by atoms with Crippen molar-refractivity contribution in [3.8, 4) is 0 Å². The number of hydrogen-bond acceptors (Lipinski definition) is 4. The van der Waals surface area contributed by atoms with Crippen molar-refractivity contribution in [3.63, 3.8) is 0 Å². The van der Waals surface area contributed by atoms with Crippen LogP contribution in [-0.4, -0.2) is 30.1 Å². The fourth-order valence-corrected chi connectivity index (χ4v) is 3.28. The second kappa shape index (κ2) is 7.80. The zero-order chi connectivity index (χ0) is 21.3. The maximum atomic E-state index is 12.9. The normalized spacial score (nSPS) is 12.7. The summed E-state index contributed by atoms with van der Waals surface area (Å²) in [5.74, 6) is -1.33. The van der Waals surface area contributed by atoms with Gasteiger partial charge in [-0.15, -0.1) is 0 Å². The van der Waals surface area contributed by atoms with Crippen LogP contribution < -0.4 is 4.72 Å². The standard InChI is InChI=1S/C17H15ClF3N3O3S/c1-10(17(19,20)21)9-24-12(3)14(22-15(24)11(2)18)16(25)23-28(26,27)13-7-5-4-6-8-13/h4-9H,2H2,1,3H3,(H,23,25)/b10-9+. The molecule has 1 heterocycles. The summed E-state index contributed by atoms with van der Waals surface area (Å²) in [4.78, 5) is 16.2. The van der Waals surface area contributed by atoms with Gasteiger partial charge in [-0.05, 0) is 26.0 Å². The predicted octanol–water partition coefficient (Wildman–Crippen LogP) is 3.94. The van der Waals surface area contributed by atoms with Crippen molar-refractivity contribution >= 4 is 38.8 Å². The molecule has 0 saturated heterocycles. The molecule has 0 spiro atoms. The molecule has 0 bridgehead atoms. The van der Waals surface area contributed by atoms with Crippen molar-refractivity contribution < 1.29 is 26.4 Å². The average Bonchev–Trinajstić information content (AvgIpc) is 2.91. The summed E-state index contributed by atoms with van der Waals surface area (Å²) < 4.78 is 65.9. The van der Waals surface area contributed by atoms with Gasteiger partial charge in [-0.3, -0.25) is 4.79 Å². The van der Waals surface area contributed by atoms with Gasteiger partial charge in [0.2, 0.25) is 0 Å². The summed E-state index contributed by atoms with van der Waals surface area (Å²) in [6, 6.07) is 7.10. The summed E-state index contributed by atoms with van der Waals surface area (Å²) in [7, 11) is -4.19. The molecular weight excluding hydrogens is 419 g/mol. The Labute approximate surface area is 164 Å². The highest BCUT2D eigenvalue weighted by Gasteiger charge is 2.31. The van der Waals surface area contributed by atoms with Crippen LogP contribution in [0.15, 0.2) is 47.4 Å². The quantitative estimate of drug-likeness (QED) is 0.774. The maximum Gasteiger partial charge on any atom is 0.413 e. The molecule has 0 aliphatic heterocycles. The highest BCUT2D eigenvalue weighted by molar-refractivity contribution is 7.90. The maximum absolute atomic E-state index is 12.9. The van der Waals surface area contributed by atoms with Crippen molar-refractivity contribution in [2.45, 2.75) is 24.9 Å². The van der Waals surface area contributed by atoms with Crippen molar-refractivity contribution in [2.75, 3.05) is 0 Å². The van der Waals surface area contributed by atoms with Gasteiger partial charge < -0.3 is 4.57 Å². The van der Waals surface area contributed by atoms with E-state index in [1.165, 1.54) is 31.2 Å². The Hall–Kier alpha value is -2.59. The first-order valence-corrected chi connectivity index (χ1v) is 9.52. The summed E-state index contributed by atoms with van der Waals surface area (Å²) >= 11 is 5.79. The van der Waals surface area contributed by atoms with Crippen LogP contribution in [0.5, 0.6) is 0 Å². The van der Waals surface area contributed by atoms with Gasteiger partial charge in [-0.2, -0.15) is 13.2 Å². The first-order valence-electron chi connectivity index (χ1n) is 7.66. The molecule has 1 amide bonds. The number of benzene rings is 1. The smallest absolute Gasteiger partial charge is 0.302 e. The molecule has 28 heavy (non-hydrogen) atoms. The van der Waals surface area contributed by atoms with E-state index in [-0.39, 0.29) is 21.4 Å². The SMILES string of the molecule is C=C(Cl)c1nc(C(=O)NS(=O)(=O)c2ccccc2)c(C)n1/C=C(\C)C(F)(F)F. The minimum absolute atomic E-state index is 0.0406. The number of carbonyl (C=O) groups excluding carboxylic acids is 1. The van der Waals surface area contributed by atoms with Crippen LogP contribution in [0, 0.1) is 6.92 Å². The zero-order valence-corrected chi connectivity index (χ0v) is 16.3. The molecule has 0 atom stereocenters. The number of amides is 1. The summed E-state index contributed by atoms with van der Waals surface area (Å²) in [6.45, 7) is 5.55. The van der Waals surface area contributed by atoms with E-state index in [4.69, 9.17) is 11.6 Å². The van der Waals surface area contributed by atoms with E-state index in [1.54, 1.807) is 6.07 Å². The molecule has 1 N–H and O–H groups in total. The lowest BCUT2D eigenvalue weighted by Gasteiger charge is -2.09. The zero-order valence-electron chi connectivity index (χ0n) is 14.7. The van der Waals surface area contributed by atoms with Crippen molar-refractivity contribution in [1.29, 1.82) is 0 Å². The predicted molar refractivity (Wildman–Crippen MR) is 98.9 cm³/mol. The molecule has 0 saturated carbocycles. The monoisotopic (exact) mass is 433 g/mol. The van der Waals surface area contributed by atoms with E-state index in [0.29, 0.717) is 6.20 Å². The van der Waals surface area contributed by atoms with Crippen LogP contribution in [0.1, 0.15) is 28.9 Å². The molecule has 0 fully saturated rings. The largest absolute Gasteiger partial charge is 0.413 e. The van der Waals surface area contributed by atoms with E-state index >= 15 is 0 Å². The van der Waals surface area contributed by atoms with Crippen molar-refractivity contribution in [2.24, 2.45) is 0 Å². The van der Waals surface area contributed by atoms with Crippen molar-refractivity contribution in [1.82, 2.24) is 14.3 Å². The number of allylic oxidation sites excluding steroid dienone is 1. The summed E-state index contributed by atoms with van der Waals surface area (Å²) in [5.41, 5.74) is -1.42. The Kier molecular flexibility index (Phi) is 6.05. The Morgan fingerprint density at radius 2 is 1.86 bits per heavy atom. The van der Waals surface area contributed by atoms with E-state index < -0.39 is 33.4 Å². The Morgan fingerprint density at radius 1 is 1.29 bits per heavy atom. The third-order valence-electron chi connectivity index (χ3n) is 3.66. The molecule has 0 radical (unpaired) electrons. The second-order valence-corrected chi connectivity index (χ2v) is 7.84. The fraction of sp³-hybridized carbons (Fsp3) is 0.176. The molecule has 2 rings (SSSR count).